The summed E-state index contributed by atoms with van der Waals surface area (Å²) >= 11 is 1.70. The van der Waals surface area contributed by atoms with Gasteiger partial charge in [0.2, 0.25) is 0 Å². The van der Waals surface area contributed by atoms with Crippen LogP contribution in [0.5, 0.6) is 0 Å². The number of nitriles is 1. The summed E-state index contributed by atoms with van der Waals surface area (Å²) in [5, 5.41) is 14.1. The molecule has 0 unspecified atom stereocenters. The Morgan fingerprint density at radius 2 is 0.902 bits per heavy atom. The minimum Gasteiger partial charge on any atom is -0.309 e. The lowest BCUT2D eigenvalue weighted by Crippen LogP contribution is -1.94. The average molecular weight is 542 g/mol. The van der Waals surface area contributed by atoms with Crippen LogP contribution >= 0.6 is 11.8 Å². The third kappa shape index (κ3) is 3.82. The second-order valence-electron chi connectivity index (χ2n) is 10.2. The molecule has 0 atom stereocenters. The maximum Gasteiger partial charge on any atom is 0.0991 e. The average Bonchev–Trinajstić information content (AvgIpc) is 3.53. The van der Waals surface area contributed by atoms with E-state index in [-0.39, 0.29) is 0 Å². The molecule has 0 saturated carbocycles. The molecule has 0 bridgehead atoms. The van der Waals surface area contributed by atoms with Crippen LogP contribution in [0.25, 0.3) is 55.0 Å². The van der Waals surface area contributed by atoms with E-state index in [4.69, 9.17) is 5.26 Å². The van der Waals surface area contributed by atoms with Crippen molar-refractivity contribution in [2.45, 2.75) is 9.79 Å². The van der Waals surface area contributed by atoms with Crippen LogP contribution in [-0.4, -0.2) is 9.13 Å². The van der Waals surface area contributed by atoms with E-state index in [2.05, 4.69) is 130 Å². The van der Waals surface area contributed by atoms with Gasteiger partial charge in [0.25, 0.3) is 0 Å². The number of aromatic nitrogens is 2. The molecule has 0 amide bonds. The van der Waals surface area contributed by atoms with Crippen LogP contribution < -0.4 is 0 Å². The first-order valence-electron chi connectivity index (χ1n) is 13.6. The summed E-state index contributed by atoms with van der Waals surface area (Å²) in [5.41, 5.74) is 7.78. The van der Waals surface area contributed by atoms with E-state index in [1.807, 2.05) is 24.3 Å². The zero-order valence-corrected chi connectivity index (χ0v) is 22.8. The number of benzene rings is 6. The molecule has 0 spiro atoms. The monoisotopic (exact) mass is 541 g/mol. The van der Waals surface area contributed by atoms with Gasteiger partial charge in [-0.2, -0.15) is 5.26 Å². The van der Waals surface area contributed by atoms with Crippen LogP contribution in [0.4, 0.5) is 0 Å². The standard InChI is InChI=1S/C37H23N3S/c38-24-25-14-18-28(19-15-25)41-29-20-16-27(17-21-29)40-35-13-7-5-11-31(35)33-22-36-32(23-37(33)40)30-10-4-6-12-34(30)39(36)26-8-2-1-3-9-26/h1-23H. The molecule has 0 aliphatic heterocycles. The third-order valence-corrected chi connectivity index (χ3v) is 8.81. The van der Waals surface area contributed by atoms with Crippen molar-refractivity contribution in [2.24, 2.45) is 0 Å². The topological polar surface area (TPSA) is 33.6 Å². The fraction of sp³-hybridized carbons (Fsp3) is 0. The van der Waals surface area contributed by atoms with Crippen molar-refractivity contribution in [3.63, 3.8) is 0 Å². The minimum absolute atomic E-state index is 0.678. The van der Waals surface area contributed by atoms with Crippen molar-refractivity contribution in [1.82, 2.24) is 9.13 Å². The van der Waals surface area contributed by atoms with Crippen molar-refractivity contribution in [1.29, 1.82) is 5.26 Å². The van der Waals surface area contributed by atoms with E-state index in [0.29, 0.717) is 5.56 Å². The summed E-state index contributed by atoms with van der Waals surface area (Å²) < 4.78 is 4.76. The van der Waals surface area contributed by atoms with Gasteiger partial charge < -0.3 is 9.13 Å². The van der Waals surface area contributed by atoms with Gasteiger partial charge in [-0.25, -0.2) is 0 Å². The molecule has 0 N–H and O–H groups in total. The largest absolute Gasteiger partial charge is 0.309 e. The van der Waals surface area contributed by atoms with E-state index in [9.17, 15) is 0 Å². The van der Waals surface area contributed by atoms with Gasteiger partial charge in [-0.1, -0.05) is 66.4 Å². The molecule has 2 aromatic heterocycles. The highest BCUT2D eigenvalue weighted by Gasteiger charge is 2.18. The molecule has 0 aliphatic rings. The van der Waals surface area contributed by atoms with E-state index in [1.165, 1.54) is 43.6 Å². The molecule has 8 aromatic rings. The molecule has 8 rings (SSSR count). The number of hydrogen-bond donors (Lipinski definition) is 0. The first kappa shape index (κ1) is 23.6. The lowest BCUT2D eigenvalue weighted by atomic mass is 10.1. The maximum atomic E-state index is 9.09. The van der Waals surface area contributed by atoms with Crippen LogP contribution in [0.15, 0.2) is 149 Å². The molecule has 2 heterocycles. The smallest absolute Gasteiger partial charge is 0.0991 e. The second-order valence-corrected chi connectivity index (χ2v) is 11.3. The van der Waals surface area contributed by atoms with Crippen molar-refractivity contribution < 1.29 is 0 Å². The molecule has 0 saturated heterocycles. The van der Waals surface area contributed by atoms with Gasteiger partial charge in [0.15, 0.2) is 0 Å². The molecule has 6 aromatic carbocycles. The van der Waals surface area contributed by atoms with Crippen molar-refractivity contribution in [2.75, 3.05) is 0 Å². The number of nitrogens with zero attached hydrogens (tertiary/aromatic N) is 3. The van der Waals surface area contributed by atoms with E-state index >= 15 is 0 Å². The third-order valence-electron chi connectivity index (χ3n) is 7.79. The van der Waals surface area contributed by atoms with Gasteiger partial charge in [0.1, 0.15) is 0 Å². The van der Waals surface area contributed by atoms with Crippen LogP contribution in [-0.2, 0) is 0 Å². The Bertz CT molecular complexity index is 2270. The van der Waals surface area contributed by atoms with Crippen molar-refractivity contribution in [3.05, 3.63) is 145 Å². The lowest BCUT2D eigenvalue weighted by Gasteiger charge is -2.10. The Hall–Kier alpha value is -5.24. The van der Waals surface area contributed by atoms with Gasteiger partial charge in [-0.3, -0.25) is 0 Å². The van der Waals surface area contributed by atoms with Crippen molar-refractivity contribution >= 4 is 55.4 Å². The van der Waals surface area contributed by atoms with E-state index in [0.717, 1.165) is 21.2 Å². The molecule has 0 radical (unpaired) electrons. The summed E-state index contributed by atoms with van der Waals surface area (Å²) in [4.78, 5) is 2.28. The van der Waals surface area contributed by atoms with Gasteiger partial charge in [0.05, 0.1) is 33.7 Å². The molecule has 4 heteroatoms. The van der Waals surface area contributed by atoms with E-state index < -0.39 is 0 Å². The highest BCUT2D eigenvalue weighted by Crippen LogP contribution is 2.39. The Morgan fingerprint density at radius 1 is 0.439 bits per heavy atom. The highest BCUT2D eigenvalue weighted by molar-refractivity contribution is 7.99. The molecule has 3 nitrogen and oxygen atoms in total. The summed E-state index contributed by atoms with van der Waals surface area (Å²) in [6, 6.07) is 51.4. The first-order valence-corrected chi connectivity index (χ1v) is 14.4. The second kappa shape index (κ2) is 9.45. The van der Waals surface area contributed by atoms with Crippen LogP contribution in [0.3, 0.4) is 0 Å². The Morgan fingerprint density at radius 3 is 1.44 bits per heavy atom. The zero-order chi connectivity index (χ0) is 27.3. The summed E-state index contributed by atoms with van der Waals surface area (Å²) in [6.07, 6.45) is 0. The number of fused-ring (bicyclic) bond motifs is 6. The summed E-state index contributed by atoms with van der Waals surface area (Å²) in [6.45, 7) is 0. The van der Waals surface area contributed by atoms with Gasteiger partial charge in [-0.15, -0.1) is 0 Å². The molecule has 41 heavy (non-hydrogen) atoms. The first-order chi connectivity index (χ1) is 20.3. The fourth-order valence-corrected chi connectivity index (χ4v) is 6.78. The normalized spacial score (nSPS) is 11.5. The van der Waals surface area contributed by atoms with Crippen LogP contribution in [0, 0.1) is 11.3 Å². The van der Waals surface area contributed by atoms with Crippen LogP contribution in [0.1, 0.15) is 5.56 Å². The Kier molecular flexibility index (Phi) is 5.44. The number of rotatable bonds is 4. The molecular weight excluding hydrogens is 518 g/mol. The van der Waals surface area contributed by atoms with E-state index in [1.54, 1.807) is 11.8 Å². The van der Waals surface area contributed by atoms with Gasteiger partial charge >= 0.3 is 0 Å². The number of para-hydroxylation sites is 3. The minimum atomic E-state index is 0.678. The lowest BCUT2D eigenvalue weighted by molar-refractivity contribution is 1.17. The van der Waals surface area contributed by atoms with Crippen molar-refractivity contribution in [3.8, 4) is 17.4 Å². The highest BCUT2D eigenvalue weighted by atomic mass is 32.2. The molecule has 0 fully saturated rings. The fourth-order valence-electron chi connectivity index (χ4n) is 5.96. The Labute approximate surface area is 241 Å². The maximum absolute atomic E-state index is 9.09. The summed E-state index contributed by atoms with van der Waals surface area (Å²) in [7, 11) is 0. The quantitative estimate of drug-likeness (QED) is 0.222. The molecule has 192 valence electrons. The number of hydrogen-bond acceptors (Lipinski definition) is 2. The SMILES string of the molecule is N#Cc1ccc(Sc2ccc(-n3c4ccccc4c4cc5c(cc43)c3ccccc3n5-c3ccccc3)cc2)cc1. The summed E-state index contributed by atoms with van der Waals surface area (Å²) in [5.74, 6) is 0. The Balaban J connectivity index is 1.33. The predicted octanol–water partition coefficient (Wildman–Crippen LogP) is 9.90. The van der Waals surface area contributed by atoms with Gasteiger partial charge in [0, 0.05) is 42.7 Å². The van der Waals surface area contributed by atoms with Gasteiger partial charge in [-0.05, 0) is 84.9 Å². The predicted molar refractivity (Wildman–Crippen MR) is 170 cm³/mol. The zero-order valence-electron chi connectivity index (χ0n) is 22.0. The molecule has 0 aliphatic carbocycles. The molecular formula is C37H23N3S. The van der Waals surface area contributed by atoms with Crippen LogP contribution in [0.2, 0.25) is 0 Å².